The summed E-state index contributed by atoms with van der Waals surface area (Å²) in [5.41, 5.74) is 6.35. The van der Waals surface area contributed by atoms with Gasteiger partial charge in [-0.2, -0.15) is 0 Å². The van der Waals surface area contributed by atoms with Gasteiger partial charge >= 0.3 is 0 Å². The van der Waals surface area contributed by atoms with Crippen LogP contribution in [-0.4, -0.2) is 0 Å². The Kier molecular flexibility index (Phi) is 2.72. The number of hydrogen-bond acceptors (Lipinski definition) is 1. The van der Waals surface area contributed by atoms with Gasteiger partial charge in [0, 0.05) is 16.0 Å². The van der Waals surface area contributed by atoms with Gasteiger partial charge in [0.2, 0.25) is 0 Å². The quantitative estimate of drug-likeness (QED) is 0.771. The van der Waals surface area contributed by atoms with Crippen molar-refractivity contribution in [2.75, 3.05) is 0 Å². The lowest BCUT2D eigenvalue weighted by atomic mass is 10.2. The molecule has 1 rings (SSSR count). The topological polar surface area (TPSA) is 26.0 Å². The van der Waals surface area contributed by atoms with Crippen LogP contribution in [0.15, 0.2) is 16.6 Å². The van der Waals surface area contributed by atoms with Crippen molar-refractivity contribution in [2.24, 2.45) is 5.73 Å². The zero-order chi connectivity index (χ0) is 7.56. The molecule has 2 N–H and O–H groups in total. The fraction of sp³-hybridized carbons (Fsp3) is 0.143. The predicted molar refractivity (Wildman–Crippen MR) is 45.9 cm³/mol. The van der Waals surface area contributed by atoms with E-state index in [9.17, 15) is 0 Å². The first-order valence-corrected chi connectivity index (χ1v) is 3.97. The van der Waals surface area contributed by atoms with Gasteiger partial charge in [-0.25, -0.2) is 0 Å². The maximum Gasteiger partial charge on any atom is 0.0468 e. The van der Waals surface area contributed by atoms with Crippen molar-refractivity contribution in [3.63, 3.8) is 0 Å². The third-order valence-corrected chi connectivity index (χ3v) is 2.25. The minimum atomic E-state index is 0.452. The molecule has 53 valence electrons. The van der Waals surface area contributed by atoms with Crippen LogP contribution in [0.2, 0.25) is 5.02 Å². The first-order chi connectivity index (χ1) is 4.75. The zero-order valence-electron chi connectivity index (χ0n) is 5.20. The SMILES string of the molecule is NCc1c(Cl)c[c]cc1Br. The van der Waals surface area contributed by atoms with Gasteiger partial charge in [0.25, 0.3) is 0 Å². The van der Waals surface area contributed by atoms with Gasteiger partial charge in [-0.15, -0.1) is 0 Å². The van der Waals surface area contributed by atoms with Crippen molar-refractivity contribution in [3.05, 3.63) is 33.3 Å². The van der Waals surface area contributed by atoms with Crippen molar-refractivity contribution in [1.29, 1.82) is 0 Å². The number of halogens is 2. The minimum Gasteiger partial charge on any atom is -0.326 e. The van der Waals surface area contributed by atoms with Crippen LogP contribution in [0.25, 0.3) is 0 Å². The zero-order valence-corrected chi connectivity index (χ0v) is 7.54. The number of rotatable bonds is 1. The Morgan fingerprint density at radius 1 is 1.60 bits per heavy atom. The summed E-state index contributed by atoms with van der Waals surface area (Å²) in [6.07, 6.45) is 0. The molecule has 0 unspecified atom stereocenters. The summed E-state index contributed by atoms with van der Waals surface area (Å²) in [6, 6.07) is 6.37. The molecule has 0 amide bonds. The second kappa shape index (κ2) is 3.37. The van der Waals surface area contributed by atoms with Crippen molar-refractivity contribution in [3.8, 4) is 0 Å². The van der Waals surface area contributed by atoms with E-state index in [2.05, 4.69) is 22.0 Å². The summed E-state index contributed by atoms with van der Waals surface area (Å²) in [6.45, 7) is 0.452. The first kappa shape index (κ1) is 8.05. The van der Waals surface area contributed by atoms with Gasteiger partial charge in [0.15, 0.2) is 0 Å². The normalized spacial score (nSPS) is 9.90. The van der Waals surface area contributed by atoms with Crippen LogP contribution in [0.5, 0.6) is 0 Å². The summed E-state index contributed by atoms with van der Waals surface area (Å²) < 4.78 is 0.919. The average Bonchev–Trinajstić information content (AvgIpc) is 1.88. The molecule has 10 heavy (non-hydrogen) atoms. The maximum absolute atomic E-state index is 5.79. The van der Waals surface area contributed by atoms with Gasteiger partial charge < -0.3 is 5.73 Å². The van der Waals surface area contributed by atoms with Crippen LogP contribution in [-0.2, 0) is 6.54 Å². The van der Waals surface area contributed by atoms with E-state index in [4.69, 9.17) is 17.3 Å². The lowest BCUT2D eigenvalue weighted by molar-refractivity contribution is 1.06. The fourth-order valence-electron chi connectivity index (χ4n) is 0.671. The standard InChI is InChI=1S/C7H6BrClN/c8-6-2-1-3-7(9)5(6)4-10/h2-3H,4,10H2. The molecule has 0 saturated heterocycles. The molecule has 0 aliphatic heterocycles. The molecular weight excluding hydrogens is 213 g/mol. The van der Waals surface area contributed by atoms with Crippen LogP contribution in [0.4, 0.5) is 0 Å². The summed E-state index contributed by atoms with van der Waals surface area (Å²) in [5.74, 6) is 0. The van der Waals surface area contributed by atoms with Crippen LogP contribution in [0.3, 0.4) is 0 Å². The Hall–Kier alpha value is -0.0500. The van der Waals surface area contributed by atoms with Gasteiger partial charge in [0.05, 0.1) is 0 Å². The highest BCUT2D eigenvalue weighted by molar-refractivity contribution is 9.10. The molecule has 3 heteroatoms. The Bertz CT molecular complexity index is 217. The number of nitrogens with two attached hydrogens (primary N) is 1. The minimum absolute atomic E-state index is 0.452. The fourth-order valence-corrected chi connectivity index (χ4v) is 1.54. The monoisotopic (exact) mass is 218 g/mol. The van der Waals surface area contributed by atoms with Crippen molar-refractivity contribution in [1.82, 2.24) is 0 Å². The van der Waals surface area contributed by atoms with Crippen LogP contribution in [0.1, 0.15) is 5.56 Å². The third-order valence-electron chi connectivity index (χ3n) is 1.20. The van der Waals surface area contributed by atoms with Gasteiger partial charge in [-0.1, -0.05) is 27.5 Å². The van der Waals surface area contributed by atoms with Crippen LogP contribution in [0, 0.1) is 6.07 Å². The van der Waals surface area contributed by atoms with E-state index in [0.717, 1.165) is 10.0 Å². The largest absolute Gasteiger partial charge is 0.326 e. The second-order valence-corrected chi connectivity index (χ2v) is 3.10. The first-order valence-electron chi connectivity index (χ1n) is 2.79. The summed E-state index contributed by atoms with van der Waals surface area (Å²) in [5, 5.41) is 0.664. The van der Waals surface area contributed by atoms with E-state index in [1.165, 1.54) is 0 Å². The van der Waals surface area contributed by atoms with E-state index < -0.39 is 0 Å². The lowest BCUT2D eigenvalue weighted by Crippen LogP contribution is -1.97. The van der Waals surface area contributed by atoms with E-state index in [-0.39, 0.29) is 0 Å². The molecule has 0 heterocycles. The molecule has 1 aromatic carbocycles. The van der Waals surface area contributed by atoms with Crippen molar-refractivity contribution < 1.29 is 0 Å². The van der Waals surface area contributed by atoms with Crippen LogP contribution >= 0.6 is 27.5 Å². The molecule has 0 bridgehead atoms. The van der Waals surface area contributed by atoms with E-state index >= 15 is 0 Å². The highest BCUT2D eigenvalue weighted by Gasteiger charge is 2.00. The van der Waals surface area contributed by atoms with E-state index in [1.54, 1.807) is 12.1 Å². The molecule has 1 nitrogen and oxygen atoms in total. The number of hydrogen-bond donors (Lipinski definition) is 1. The van der Waals surface area contributed by atoms with Gasteiger partial charge in [-0.05, 0) is 23.8 Å². The molecule has 0 aliphatic carbocycles. The van der Waals surface area contributed by atoms with Crippen molar-refractivity contribution >= 4 is 27.5 Å². The van der Waals surface area contributed by atoms with Gasteiger partial charge in [0.1, 0.15) is 0 Å². The molecule has 0 aromatic heterocycles. The molecule has 0 fully saturated rings. The van der Waals surface area contributed by atoms with Crippen molar-refractivity contribution in [2.45, 2.75) is 6.54 Å². The number of benzene rings is 1. The molecular formula is C7H6BrClN. The second-order valence-electron chi connectivity index (χ2n) is 1.83. The highest BCUT2D eigenvalue weighted by Crippen LogP contribution is 2.23. The average molecular weight is 219 g/mol. The Morgan fingerprint density at radius 2 is 2.30 bits per heavy atom. The maximum atomic E-state index is 5.79. The van der Waals surface area contributed by atoms with Gasteiger partial charge in [-0.3, -0.25) is 0 Å². The molecule has 1 radical (unpaired) electrons. The summed E-state index contributed by atoms with van der Waals surface area (Å²) in [4.78, 5) is 0. The predicted octanol–water partition coefficient (Wildman–Crippen LogP) is 2.36. The highest BCUT2D eigenvalue weighted by atomic mass is 79.9. The Balaban J connectivity index is 3.17. The molecule has 0 saturated carbocycles. The smallest absolute Gasteiger partial charge is 0.0468 e. The molecule has 0 aliphatic rings. The summed E-state index contributed by atoms with van der Waals surface area (Å²) >= 11 is 9.10. The Morgan fingerprint density at radius 3 is 2.70 bits per heavy atom. The molecule has 0 atom stereocenters. The third kappa shape index (κ3) is 1.51. The van der Waals surface area contributed by atoms with Crippen LogP contribution < -0.4 is 5.73 Å². The summed E-state index contributed by atoms with van der Waals surface area (Å²) in [7, 11) is 0. The van der Waals surface area contributed by atoms with E-state index in [1.807, 2.05) is 0 Å². The lowest BCUT2D eigenvalue weighted by Gasteiger charge is -2.01. The molecule has 0 spiro atoms. The van der Waals surface area contributed by atoms with E-state index in [0.29, 0.717) is 11.6 Å². The Labute approximate surface area is 73.3 Å². The molecule has 1 aromatic rings.